The number of rotatable bonds is 4. The van der Waals surface area contributed by atoms with Crippen molar-refractivity contribution >= 4 is 23.0 Å². The largest absolute Gasteiger partial charge is 0.478 e. The molecule has 26 heavy (non-hydrogen) atoms. The van der Waals surface area contributed by atoms with Gasteiger partial charge in [-0.2, -0.15) is 13.2 Å². The van der Waals surface area contributed by atoms with Crippen LogP contribution in [0.2, 0.25) is 0 Å². The third-order valence-electron chi connectivity index (χ3n) is 3.65. The third-order valence-corrected chi connectivity index (χ3v) is 3.65. The third kappa shape index (κ3) is 3.30. The second-order valence-corrected chi connectivity index (χ2v) is 5.81. The van der Waals surface area contributed by atoms with Crippen LogP contribution in [-0.2, 0) is 12.7 Å². The van der Waals surface area contributed by atoms with Crippen LogP contribution in [0.4, 0.5) is 19.0 Å². The molecule has 0 aliphatic carbocycles. The Morgan fingerprint density at radius 2 is 2.00 bits per heavy atom. The summed E-state index contributed by atoms with van der Waals surface area (Å²) in [5, 5.41) is 9.06. The molecule has 0 amide bonds. The Kier molecular flexibility index (Phi) is 4.26. The molecular weight excluding hydrogens is 351 g/mol. The molecule has 0 unspecified atom stereocenters. The standard InChI is InChI=1S/C16H14F3N5O2/c1-23(2)12-11-13(22-15(21-12)16(17,18)19)24(8-20-11)7-9-4-3-5-10(6-9)14(25)26/h3-6,8H,7H2,1-2H3,(H,25,26). The SMILES string of the molecule is CN(C)c1nc(C(F)(F)F)nc2c1ncn2Cc1cccc(C(=O)O)c1. The number of halogens is 3. The van der Waals surface area contributed by atoms with Crippen molar-refractivity contribution in [1.29, 1.82) is 0 Å². The molecule has 0 saturated heterocycles. The minimum atomic E-state index is -4.70. The molecule has 0 saturated carbocycles. The topological polar surface area (TPSA) is 84.1 Å². The molecule has 3 rings (SSSR count). The second-order valence-electron chi connectivity index (χ2n) is 5.81. The number of aromatic carboxylic acids is 1. The fraction of sp³-hybridized carbons (Fsp3) is 0.250. The van der Waals surface area contributed by atoms with Gasteiger partial charge < -0.3 is 14.6 Å². The van der Waals surface area contributed by atoms with E-state index in [-0.39, 0.29) is 29.1 Å². The summed E-state index contributed by atoms with van der Waals surface area (Å²) in [4.78, 5) is 23.8. The molecule has 2 heterocycles. The van der Waals surface area contributed by atoms with E-state index in [1.54, 1.807) is 26.2 Å². The van der Waals surface area contributed by atoms with E-state index in [2.05, 4.69) is 15.0 Å². The summed E-state index contributed by atoms with van der Waals surface area (Å²) in [6.45, 7) is 0.124. The van der Waals surface area contributed by atoms with Gasteiger partial charge in [0.15, 0.2) is 17.0 Å². The number of hydrogen-bond donors (Lipinski definition) is 1. The van der Waals surface area contributed by atoms with Crippen molar-refractivity contribution in [3.8, 4) is 0 Å². The van der Waals surface area contributed by atoms with Gasteiger partial charge in [0, 0.05) is 14.1 Å². The Labute approximate surface area is 145 Å². The van der Waals surface area contributed by atoms with Crippen molar-refractivity contribution in [1.82, 2.24) is 19.5 Å². The molecule has 7 nitrogen and oxygen atoms in total. The van der Waals surface area contributed by atoms with Crippen molar-refractivity contribution in [2.75, 3.05) is 19.0 Å². The summed E-state index contributed by atoms with van der Waals surface area (Å²) in [5.41, 5.74) is 0.948. The van der Waals surface area contributed by atoms with Crippen LogP contribution in [0.25, 0.3) is 11.2 Å². The molecule has 2 aromatic heterocycles. The molecule has 0 fully saturated rings. The van der Waals surface area contributed by atoms with Crippen molar-refractivity contribution < 1.29 is 23.1 Å². The monoisotopic (exact) mass is 365 g/mol. The number of imidazole rings is 1. The fourth-order valence-electron chi connectivity index (χ4n) is 2.48. The highest BCUT2D eigenvalue weighted by molar-refractivity contribution is 5.87. The van der Waals surface area contributed by atoms with Gasteiger partial charge >= 0.3 is 12.1 Å². The number of carboxylic acids is 1. The van der Waals surface area contributed by atoms with Crippen LogP contribution in [0, 0.1) is 0 Å². The van der Waals surface area contributed by atoms with E-state index in [9.17, 15) is 18.0 Å². The Balaban J connectivity index is 2.11. The lowest BCUT2D eigenvalue weighted by Gasteiger charge is -2.14. The van der Waals surface area contributed by atoms with Crippen molar-refractivity contribution in [2.45, 2.75) is 12.7 Å². The number of benzene rings is 1. The van der Waals surface area contributed by atoms with Crippen LogP contribution in [0.5, 0.6) is 0 Å². The number of anilines is 1. The molecule has 136 valence electrons. The first-order valence-corrected chi connectivity index (χ1v) is 7.46. The lowest BCUT2D eigenvalue weighted by molar-refractivity contribution is -0.144. The maximum absolute atomic E-state index is 13.1. The van der Waals surface area contributed by atoms with E-state index >= 15 is 0 Å². The van der Waals surface area contributed by atoms with Gasteiger partial charge in [0.2, 0.25) is 5.82 Å². The van der Waals surface area contributed by atoms with Crippen LogP contribution < -0.4 is 4.90 Å². The lowest BCUT2D eigenvalue weighted by atomic mass is 10.1. The zero-order valence-corrected chi connectivity index (χ0v) is 13.8. The number of alkyl halides is 3. The number of aromatic nitrogens is 4. The number of carbonyl (C=O) groups is 1. The number of hydrogen-bond acceptors (Lipinski definition) is 5. The van der Waals surface area contributed by atoms with Crippen molar-refractivity contribution in [3.63, 3.8) is 0 Å². The summed E-state index contributed by atoms with van der Waals surface area (Å²) in [5.74, 6) is -2.28. The predicted octanol–water partition coefficient (Wildman–Crippen LogP) is 2.66. The zero-order chi connectivity index (χ0) is 19.1. The first-order valence-electron chi connectivity index (χ1n) is 7.46. The van der Waals surface area contributed by atoms with Gasteiger partial charge in [-0.3, -0.25) is 0 Å². The van der Waals surface area contributed by atoms with Gasteiger partial charge in [-0.1, -0.05) is 12.1 Å². The minimum Gasteiger partial charge on any atom is -0.478 e. The molecule has 0 aliphatic rings. The normalized spacial score (nSPS) is 11.7. The van der Waals surface area contributed by atoms with E-state index in [1.165, 1.54) is 27.9 Å². The summed E-state index contributed by atoms with van der Waals surface area (Å²) < 4.78 is 40.8. The van der Waals surface area contributed by atoms with Gasteiger partial charge in [-0.25, -0.2) is 19.7 Å². The second kappa shape index (κ2) is 6.28. The van der Waals surface area contributed by atoms with Crippen LogP contribution >= 0.6 is 0 Å². The molecule has 0 atom stereocenters. The van der Waals surface area contributed by atoms with Crippen LogP contribution in [0.3, 0.4) is 0 Å². The highest BCUT2D eigenvalue weighted by Gasteiger charge is 2.36. The molecular formula is C16H14F3N5O2. The van der Waals surface area contributed by atoms with Gasteiger partial charge in [-0.05, 0) is 17.7 Å². The van der Waals surface area contributed by atoms with Gasteiger partial charge in [-0.15, -0.1) is 0 Å². The highest BCUT2D eigenvalue weighted by atomic mass is 19.4. The van der Waals surface area contributed by atoms with Crippen LogP contribution in [0.1, 0.15) is 21.7 Å². The average Bonchev–Trinajstić information content (AvgIpc) is 2.96. The quantitative estimate of drug-likeness (QED) is 0.765. The Hall–Kier alpha value is -3.17. The van der Waals surface area contributed by atoms with Crippen molar-refractivity contribution in [3.05, 3.63) is 47.5 Å². The maximum atomic E-state index is 13.1. The first-order chi connectivity index (χ1) is 12.2. The van der Waals surface area contributed by atoms with E-state index in [4.69, 9.17) is 5.11 Å². The van der Waals surface area contributed by atoms with E-state index in [0.717, 1.165) is 0 Å². The summed E-state index contributed by atoms with van der Waals surface area (Å²) in [7, 11) is 3.13. The van der Waals surface area contributed by atoms with Crippen LogP contribution in [0.15, 0.2) is 30.6 Å². The minimum absolute atomic E-state index is 0.0248. The van der Waals surface area contributed by atoms with E-state index < -0.39 is 18.0 Å². The average molecular weight is 365 g/mol. The molecule has 0 bridgehead atoms. The van der Waals surface area contributed by atoms with E-state index in [1.807, 2.05) is 0 Å². The zero-order valence-electron chi connectivity index (χ0n) is 13.8. The first kappa shape index (κ1) is 17.6. The Bertz CT molecular complexity index is 982. The molecule has 0 radical (unpaired) electrons. The number of carboxylic acid groups (broad SMARTS) is 1. The van der Waals surface area contributed by atoms with Crippen LogP contribution in [-0.4, -0.2) is 44.7 Å². The Morgan fingerprint density at radius 1 is 1.27 bits per heavy atom. The number of fused-ring (bicyclic) bond motifs is 1. The highest BCUT2D eigenvalue weighted by Crippen LogP contribution is 2.30. The summed E-state index contributed by atoms with van der Waals surface area (Å²) in [6, 6.07) is 6.13. The maximum Gasteiger partial charge on any atom is 0.451 e. The fourth-order valence-corrected chi connectivity index (χ4v) is 2.48. The lowest BCUT2D eigenvalue weighted by Crippen LogP contribution is -2.18. The van der Waals surface area contributed by atoms with E-state index in [0.29, 0.717) is 5.56 Å². The molecule has 0 aliphatic heterocycles. The predicted molar refractivity (Wildman–Crippen MR) is 87.2 cm³/mol. The molecule has 1 N–H and O–H groups in total. The Morgan fingerprint density at radius 3 is 2.62 bits per heavy atom. The smallest absolute Gasteiger partial charge is 0.451 e. The van der Waals surface area contributed by atoms with Crippen molar-refractivity contribution in [2.24, 2.45) is 0 Å². The summed E-state index contributed by atoms with van der Waals surface area (Å²) >= 11 is 0. The molecule has 1 aromatic carbocycles. The molecule has 0 spiro atoms. The van der Waals surface area contributed by atoms with Gasteiger partial charge in [0.05, 0.1) is 18.4 Å². The van der Waals surface area contributed by atoms with Gasteiger partial charge in [0.1, 0.15) is 0 Å². The molecule has 10 heteroatoms. The number of nitrogens with zero attached hydrogens (tertiary/aromatic N) is 5. The summed E-state index contributed by atoms with van der Waals surface area (Å²) in [6.07, 6.45) is -3.34. The van der Waals surface area contributed by atoms with Gasteiger partial charge in [0.25, 0.3) is 0 Å². The molecule has 3 aromatic rings.